The van der Waals surface area contributed by atoms with Gasteiger partial charge >= 0.3 is 0 Å². The molecular weight excluding hydrogens is 368 g/mol. The summed E-state index contributed by atoms with van der Waals surface area (Å²) in [7, 11) is 0. The van der Waals surface area contributed by atoms with Gasteiger partial charge in [-0.2, -0.15) is 0 Å². The number of allylic oxidation sites excluding steroid dienone is 2. The van der Waals surface area contributed by atoms with E-state index in [-0.39, 0.29) is 0 Å². The Morgan fingerprint density at radius 1 is 0.967 bits per heavy atom. The molecule has 1 aliphatic heterocycles. The number of aromatic amines is 1. The zero-order valence-electron chi connectivity index (χ0n) is 16.8. The maximum atomic E-state index is 7.04. The van der Waals surface area contributed by atoms with Crippen LogP contribution in [0.4, 0.5) is 11.4 Å². The molecule has 4 heteroatoms. The second-order valence-electron chi connectivity index (χ2n) is 7.91. The number of nitrogens with two attached hydrogens (primary N) is 1. The molecule has 0 fully saturated rings. The van der Waals surface area contributed by atoms with Crippen molar-refractivity contribution in [2.75, 3.05) is 11.4 Å². The van der Waals surface area contributed by atoms with Crippen LogP contribution in [0.25, 0.3) is 27.4 Å². The van der Waals surface area contributed by atoms with Crippen LogP contribution in [0.5, 0.6) is 0 Å². The summed E-state index contributed by atoms with van der Waals surface area (Å²) in [5.74, 6) is 0. The third kappa shape index (κ3) is 2.34. The van der Waals surface area contributed by atoms with Crippen molar-refractivity contribution in [1.82, 2.24) is 4.98 Å². The predicted octanol–water partition coefficient (Wildman–Crippen LogP) is 5.54. The lowest BCUT2D eigenvalue weighted by atomic mass is 9.91. The number of para-hydroxylation sites is 3. The van der Waals surface area contributed by atoms with Crippen molar-refractivity contribution < 1.29 is 0 Å². The molecule has 0 amide bonds. The molecule has 0 radical (unpaired) electrons. The van der Waals surface area contributed by atoms with E-state index in [1.165, 1.54) is 10.8 Å². The zero-order valence-corrected chi connectivity index (χ0v) is 16.8. The van der Waals surface area contributed by atoms with Crippen molar-refractivity contribution in [2.24, 2.45) is 10.7 Å². The zero-order chi connectivity index (χ0) is 20.3. The minimum Gasteiger partial charge on any atom is -0.353 e. The number of nitrogens with zero attached hydrogens (tertiary/aromatic N) is 2. The van der Waals surface area contributed by atoms with Crippen molar-refractivity contribution >= 4 is 44.5 Å². The Morgan fingerprint density at radius 2 is 1.77 bits per heavy atom. The normalized spacial score (nSPS) is 19.5. The fourth-order valence-corrected chi connectivity index (χ4v) is 4.80. The minimum atomic E-state index is -0.744. The molecular formula is C26H22N4. The lowest BCUT2D eigenvalue weighted by Crippen LogP contribution is -2.54. The highest BCUT2D eigenvalue weighted by Gasteiger charge is 2.34. The van der Waals surface area contributed by atoms with Crippen molar-refractivity contribution in [2.45, 2.75) is 12.6 Å². The quantitative estimate of drug-likeness (QED) is 0.451. The standard InChI is InChI=1S/C26H22N4/c1-2-30(24-13-7-10-19-17-8-3-6-12-22(17)29-25(19)24)26(27)15-14-23-20(16-26)18-9-4-5-11-21(18)28-23/h3-16,29H,2,27H2,1H3. The van der Waals surface area contributed by atoms with Gasteiger partial charge in [0.15, 0.2) is 0 Å². The molecule has 2 aliphatic rings. The average Bonchev–Trinajstić information content (AvgIpc) is 3.33. The number of likely N-dealkylation sites (N-methyl/N-ethyl adjacent to an activating group) is 1. The molecule has 30 heavy (non-hydrogen) atoms. The van der Waals surface area contributed by atoms with Crippen LogP contribution in [0.2, 0.25) is 0 Å². The maximum Gasteiger partial charge on any atom is 0.128 e. The Balaban J connectivity index is 1.53. The SMILES string of the molecule is CCN(c1cccc2c1[nH]c1ccccc12)C1(N)C=CC2=Nc3ccccc3C2=C1. The molecule has 0 saturated heterocycles. The van der Waals surface area contributed by atoms with Crippen LogP contribution in [0.3, 0.4) is 0 Å². The molecule has 0 saturated carbocycles. The Kier molecular flexibility index (Phi) is 3.55. The van der Waals surface area contributed by atoms with Gasteiger partial charge in [-0.3, -0.25) is 0 Å². The largest absolute Gasteiger partial charge is 0.353 e. The van der Waals surface area contributed by atoms with Crippen LogP contribution in [0.15, 0.2) is 90.0 Å². The number of anilines is 1. The number of fused-ring (bicyclic) bond motifs is 6. The van der Waals surface area contributed by atoms with E-state index >= 15 is 0 Å². The number of benzene rings is 3. The summed E-state index contributed by atoms with van der Waals surface area (Å²) in [6.07, 6.45) is 6.28. The molecule has 146 valence electrons. The van der Waals surface area contributed by atoms with Crippen molar-refractivity contribution in [1.29, 1.82) is 0 Å². The van der Waals surface area contributed by atoms with Crippen LogP contribution in [0.1, 0.15) is 12.5 Å². The van der Waals surface area contributed by atoms with Gasteiger partial charge in [-0.15, -0.1) is 0 Å². The molecule has 3 aromatic carbocycles. The van der Waals surface area contributed by atoms with Gasteiger partial charge in [0.1, 0.15) is 5.66 Å². The summed E-state index contributed by atoms with van der Waals surface area (Å²) in [5, 5.41) is 2.44. The lowest BCUT2D eigenvalue weighted by molar-refractivity contribution is 0.604. The van der Waals surface area contributed by atoms with Gasteiger partial charge in [-0.25, -0.2) is 4.99 Å². The van der Waals surface area contributed by atoms with Gasteiger partial charge in [0.2, 0.25) is 0 Å². The number of rotatable bonds is 3. The van der Waals surface area contributed by atoms with E-state index in [2.05, 4.69) is 95.7 Å². The molecule has 1 aliphatic carbocycles. The third-order valence-corrected chi connectivity index (χ3v) is 6.19. The molecule has 1 atom stereocenters. The van der Waals surface area contributed by atoms with Gasteiger partial charge in [-0.05, 0) is 43.4 Å². The van der Waals surface area contributed by atoms with Crippen molar-refractivity contribution in [3.63, 3.8) is 0 Å². The molecule has 4 aromatic rings. The number of aromatic nitrogens is 1. The molecule has 0 spiro atoms. The number of aliphatic imine (C=N–C) groups is 1. The first-order valence-corrected chi connectivity index (χ1v) is 10.3. The van der Waals surface area contributed by atoms with Gasteiger partial charge in [0.25, 0.3) is 0 Å². The van der Waals surface area contributed by atoms with E-state index in [0.717, 1.165) is 45.8 Å². The highest BCUT2D eigenvalue weighted by Crippen LogP contribution is 2.41. The second kappa shape index (κ2) is 6.18. The Labute approximate surface area is 175 Å². The molecule has 0 bridgehead atoms. The smallest absolute Gasteiger partial charge is 0.128 e. The van der Waals surface area contributed by atoms with Crippen LogP contribution in [0, 0.1) is 0 Å². The number of hydrogen-bond acceptors (Lipinski definition) is 3. The highest BCUT2D eigenvalue weighted by molar-refractivity contribution is 6.34. The summed E-state index contributed by atoms with van der Waals surface area (Å²) >= 11 is 0. The summed E-state index contributed by atoms with van der Waals surface area (Å²) in [5.41, 5.74) is 13.9. The van der Waals surface area contributed by atoms with E-state index in [9.17, 15) is 0 Å². The van der Waals surface area contributed by atoms with E-state index in [4.69, 9.17) is 10.7 Å². The Hall–Kier alpha value is -3.63. The highest BCUT2D eigenvalue weighted by atomic mass is 15.3. The molecule has 6 rings (SSSR count). The van der Waals surface area contributed by atoms with Crippen LogP contribution >= 0.6 is 0 Å². The fraction of sp³-hybridized carbons (Fsp3) is 0.115. The minimum absolute atomic E-state index is 0.744. The summed E-state index contributed by atoms with van der Waals surface area (Å²) in [6.45, 7) is 2.92. The summed E-state index contributed by atoms with van der Waals surface area (Å²) in [4.78, 5) is 10.6. The maximum absolute atomic E-state index is 7.04. The molecule has 1 unspecified atom stereocenters. The molecule has 4 nitrogen and oxygen atoms in total. The summed E-state index contributed by atoms with van der Waals surface area (Å²) in [6, 6.07) is 23.1. The van der Waals surface area contributed by atoms with Gasteiger partial charge < -0.3 is 15.6 Å². The Morgan fingerprint density at radius 3 is 2.67 bits per heavy atom. The van der Waals surface area contributed by atoms with Crippen LogP contribution in [-0.2, 0) is 0 Å². The van der Waals surface area contributed by atoms with Gasteiger partial charge in [0.05, 0.1) is 22.6 Å². The number of hydrogen-bond donors (Lipinski definition) is 2. The van der Waals surface area contributed by atoms with Gasteiger partial charge in [-0.1, -0.05) is 48.5 Å². The first-order valence-electron chi connectivity index (χ1n) is 10.3. The second-order valence-corrected chi connectivity index (χ2v) is 7.91. The number of H-pyrrole nitrogens is 1. The predicted molar refractivity (Wildman–Crippen MR) is 126 cm³/mol. The van der Waals surface area contributed by atoms with E-state index in [1.54, 1.807) is 0 Å². The van der Waals surface area contributed by atoms with Crippen molar-refractivity contribution in [3.05, 3.63) is 90.5 Å². The molecule has 1 aromatic heterocycles. The monoisotopic (exact) mass is 390 g/mol. The first kappa shape index (κ1) is 17.2. The van der Waals surface area contributed by atoms with Gasteiger partial charge in [0, 0.05) is 34.0 Å². The van der Waals surface area contributed by atoms with E-state index < -0.39 is 5.66 Å². The van der Waals surface area contributed by atoms with Crippen molar-refractivity contribution in [3.8, 4) is 0 Å². The lowest BCUT2D eigenvalue weighted by Gasteiger charge is -2.40. The van der Waals surface area contributed by atoms with Crippen LogP contribution < -0.4 is 10.6 Å². The number of nitrogens with one attached hydrogen (secondary N) is 1. The molecule has 2 heterocycles. The third-order valence-electron chi connectivity index (χ3n) is 6.19. The Bertz CT molecular complexity index is 1410. The average molecular weight is 390 g/mol. The topological polar surface area (TPSA) is 57.4 Å². The fourth-order valence-electron chi connectivity index (χ4n) is 4.80. The molecule has 3 N–H and O–H groups in total. The van der Waals surface area contributed by atoms with E-state index in [0.29, 0.717) is 0 Å². The summed E-state index contributed by atoms with van der Waals surface area (Å²) < 4.78 is 0. The first-order chi connectivity index (χ1) is 14.7. The van der Waals surface area contributed by atoms with Crippen LogP contribution in [-0.4, -0.2) is 22.9 Å². The van der Waals surface area contributed by atoms with E-state index in [1.807, 2.05) is 6.07 Å².